The molecule has 1 fully saturated rings. The van der Waals surface area contributed by atoms with Crippen molar-refractivity contribution in [1.82, 2.24) is 10.2 Å². The Balaban J connectivity index is 2.12. The molecule has 1 saturated heterocycles. The molecule has 1 atom stereocenters. The van der Waals surface area contributed by atoms with Crippen molar-refractivity contribution in [3.63, 3.8) is 0 Å². The summed E-state index contributed by atoms with van der Waals surface area (Å²) in [6, 6.07) is 4.38. The number of likely N-dealkylation sites (tertiary alicyclic amines) is 1. The van der Waals surface area contributed by atoms with E-state index in [9.17, 15) is 19.7 Å². The molecule has 8 nitrogen and oxygen atoms in total. The third-order valence-corrected chi connectivity index (χ3v) is 3.85. The summed E-state index contributed by atoms with van der Waals surface area (Å²) in [5, 5.41) is 13.9. The van der Waals surface area contributed by atoms with Crippen LogP contribution in [0, 0.1) is 17.0 Å². The van der Waals surface area contributed by atoms with Gasteiger partial charge in [0, 0.05) is 24.7 Å². The molecule has 1 aliphatic rings. The van der Waals surface area contributed by atoms with Crippen LogP contribution in [0.2, 0.25) is 0 Å². The molecule has 124 valence electrons. The van der Waals surface area contributed by atoms with Crippen LogP contribution >= 0.6 is 0 Å². The summed E-state index contributed by atoms with van der Waals surface area (Å²) in [4.78, 5) is 36.1. The summed E-state index contributed by atoms with van der Waals surface area (Å²) in [5.74, 6) is -0.503. The van der Waals surface area contributed by atoms with Crippen molar-refractivity contribution >= 4 is 17.7 Å². The monoisotopic (exact) mass is 321 g/mol. The number of carbonyl (C=O) groups excluding carboxylic acids is 2. The fourth-order valence-electron chi connectivity index (χ4n) is 2.74. The highest BCUT2D eigenvalue weighted by Gasteiger charge is 2.28. The van der Waals surface area contributed by atoms with Crippen LogP contribution in [0.1, 0.15) is 28.8 Å². The third kappa shape index (κ3) is 3.77. The normalized spacial score (nSPS) is 17.5. The van der Waals surface area contributed by atoms with Crippen molar-refractivity contribution in [2.45, 2.75) is 25.8 Å². The predicted molar refractivity (Wildman–Crippen MR) is 82.3 cm³/mol. The van der Waals surface area contributed by atoms with Gasteiger partial charge >= 0.3 is 6.09 Å². The van der Waals surface area contributed by atoms with Crippen LogP contribution in [0.15, 0.2) is 18.2 Å². The number of nitrogens with zero attached hydrogens (tertiary/aromatic N) is 2. The average molecular weight is 321 g/mol. The van der Waals surface area contributed by atoms with Gasteiger partial charge in [0.2, 0.25) is 0 Å². The van der Waals surface area contributed by atoms with Gasteiger partial charge < -0.3 is 15.0 Å². The topological polar surface area (TPSA) is 102 Å². The van der Waals surface area contributed by atoms with Crippen molar-refractivity contribution < 1.29 is 19.2 Å². The van der Waals surface area contributed by atoms with Gasteiger partial charge in [-0.1, -0.05) is 12.1 Å². The molecule has 23 heavy (non-hydrogen) atoms. The summed E-state index contributed by atoms with van der Waals surface area (Å²) < 4.78 is 4.68. The minimum atomic E-state index is -0.550. The smallest absolute Gasteiger partial charge is 0.409 e. The van der Waals surface area contributed by atoms with E-state index in [0.29, 0.717) is 25.1 Å². The van der Waals surface area contributed by atoms with E-state index < -0.39 is 16.9 Å². The Morgan fingerprint density at radius 1 is 1.43 bits per heavy atom. The number of hydrogen-bond donors (Lipinski definition) is 1. The number of methoxy groups -OCH3 is 1. The zero-order chi connectivity index (χ0) is 17.0. The molecule has 0 saturated carbocycles. The zero-order valence-corrected chi connectivity index (χ0v) is 13.1. The van der Waals surface area contributed by atoms with Crippen LogP contribution in [0.5, 0.6) is 0 Å². The highest BCUT2D eigenvalue weighted by atomic mass is 16.6. The van der Waals surface area contributed by atoms with Crippen molar-refractivity contribution in [3.8, 4) is 0 Å². The fraction of sp³-hybridized carbons (Fsp3) is 0.467. The first kappa shape index (κ1) is 16.7. The van der Waals surface area contributed by atoms with Gasteiger partial charge in [-0.15, -0.1) is 0 Å². The number of nitro groups is 1. The molecule has 0 aromatic heterocycles. The number of para-hydroxylation sites is 1. The number of aryl methyl sites for hydroxylation is 1. The number of nitrogens with one attached hydrogen (secondary N) is 1. The molecule has 1 N–H and O–H groups in total. The lowest BCUT2D eigenvalue weighted by molar-refractivity contribution is -0.385. The van der Waals surface area contributed by atoms with E-state index in [1.54, 1.807) is 19.1 Å². The predicted octanol–water partition coefficient (Wildman–Crippen LogP) is 1.86. The second-order valence-corrected chi connectivity index (χ2v) is 5.46. The van der Waals surface area contributed by atoms with E-state index >= 15 is 0 Å². The van der Waals surface area contributed by atoms with Crippen molar-refractivity contribution in [3.05, 3.63) is 39.4 Å². The lowest BCUT2D eigenvalue weighted by atomic mass is 10.0. The van der Waals surface area contributed by atoms with Gasteiger partial charge in [-0.3, -0.25) is 14.9 Å². The number of hydrogen-bond acceptors (Lipinski definition) is 5. The van der Waals surface area contributed by atoms with E-state index in [2.05, 4.69) is 10.1 Å². The molecule has 1 heterocycles. The quantitative estimate of drug-likeness (QED) is 0.676. The average Bonchev–Trinajstić information content (AvgIpc) is 2.53. The number of benzene rings is 1. The van der Waals surface area contributed by atoms with Crippen molar-refractivity contribution in [2.24, 2.45) is 0 Å². The molecule has 0 aliphatic carbocycles. The molecule has 0 spiro atoms. The van der Waals surface area contributed by atoms with E-state index in [4.69, 9.17) is 0 Å². The number of carbonyl (C=O) groups is 2. The summed E-state index contributed by atoms with van der Waals surface area (Å²) in [6.07, 6.45) is 1.000. The second-order valence-electron chi connectivity index (χ2n) is 5.46. The highest BCUT2D eigenvalue weighted by molar-refractivity contribution is 5.98. The van der Waals surface area contributed by atoms with Crippen LogP contribution in [0.4, 0.5) is 10.5 Å². The van der Waals surface area contributed by atoms with E-state index in [-0.39, 0.29) is 17.3 Å². The first-order chi connectivity index (χ1) is 10.9. The molecule has 2 amide bonds. The Morgan fingerprint density at radius 2 is 2.17 bits per heavy atom. The highest BCUT2D eigenvalue weighted by Crippen LogP contribution is 2.23. The standard InChI is InChI=1S/C15H19N3O5/c1-10-5-3-7-12(13(10)18(21)22)14(19)16-11-6-4-8-17(9-11)15(20)23-2/h3,5,7,11H,4,6,8-9H2,1-2H3,(H,16,19). The number of rotatable bonds is 3. The summed E-state index contributed by atoms with van der Waals surface area (Å²) in [6.45, 7) is 2.50. The van der Waals surface area contributed by atoms with Crippen LogP contribution in [0.3, 0.4) is 0 Å². The van der Waals surface area contributed by atoms with Gasteiger partial charge in [-0.2, -0.15) is 0 Å². The zero-order valence-electron chi connectivity index (χ0n) is 13.1. The molecule has 1 aromatic carbocycles. The molecular formula is C15H19N3O5. The van der Waals surface area contributed by atoms with E-state index in [0.717, 1.165) is 6.42 Å². The maximum Gasteiger partial charge on any atom is 0.409 e. The fourth-order valence-corrected chi connectivity index (χ4v) is 2.74. The molecule has 0 radical (unpaired) electrons. The van der Waals surface area contributed by atoms with Crippen molar-refractivity contribution in [1.29, 1.82) is 0 Å². The van der Waals surface area contributed by atoms with Gasteiger partial charge in [0.1, 0.15) is 5.56 Å². The maximum absolute atomic E-state index is 12.4. The molecule has 1 aromatic rings. The lowest BCUT2D eigenvalue weighted by Crippen LogP contribution is -2.49. The third-order valence-electron chi connectivity index (χ3n) is 3.85. The molecular weight excluding hydrogens is 302 g/mol. The Bertz CT molecular complexity index is 632. The van der Waals surface area contributed by atoms with E-state index in [1.807, 2.05) is 0 Å². The van der Waals surface area contributed by atoms with Gasteiger partial charge in [0.15, 0.2) is 0 Å². The van der Waals surface area contributed by atoms with Crippen molar-refractivity contribution in [2.75, 3.05) is 20.2 Å². The maximum atomic E-state index is 12.4. The van der Waals surface area contributed by atoms with Gasteiger partial charge in [-0.25, -0.2) is 4.79 Å². The van der Waals surface area contributed by atoms with Gasteiger partial charge in [0.25, 0.3) is 11.6 Å². The minimum Gasteiger partial charge on any atom is -0.453 e. The first-order valence-corrected chi connectivity index (χ1v) is 7.31. The number of piperidine rings is 1. The van der Waals surface area contributed by atoms with Crippen LogP contribution in [-0.2, 0) is 4.74 Å². The SMILES string of the molecule is COC(=O)N1CCCC(NC(=O)c2cccc(C)c2[N+](=O)[O-])C1. The number of amides is 2. The number of nitro benzene ring substituents is 1. The summed E-state index contributed by atoms with van der Waals surface area (Å²) in [7, 11) is 1.31. The van der Waals surface area contributed by atoms with Gasteiger partial charge in [0.05, 0.1) is 12.0 Å². The number of ether oxygens (including phenoxy) is 1. The summed E-state index contributed by atoms with van der Waals surface area (Å²) >= 11 is 0. The largest absolute Gasteiger partial charge is 0.453 e. The molecule has 8 heteroatoms. The molecule has 0 bridgehead atoms. The van der Waals surface area contributed by atoms with Gasteiger partial charge in [-0.05, 0) is 25.8 Å². The second kappa shape index (κ2) is 7.08. The van der Waals surface area contributed by atoms with E-state index in [1.165, 1.54) is 18.1 Å². The molecule has 1 aliphatic heterocycles. The minimum absolute atomic E-state index is 0.0326. The molecule has 1 unspecified atom stereocenters. The Morgan fingerprint density at radius 3 is 2.83 bits per heavy atom. The van der Waals surface area contributed by atoms with Crippen LogP contribution in [0.25, 0.3) is 0 Å². The van der Waals surface area contributed by atoms with Crippen LogP contribution in [-0.4, -0.2) is 48.1 Å². The molecule has 2 rings (SSSR count). The first-order valence-electron chi connectivity index (χ1n) is 7.31. The summed E-state index contributed by atoms with van der Waals surface area (Å²) in [5.41, 5.74) is 0.276. The lowest BCUT2D eigenvalue weighted by Gasteiger charge is -2.32. The van der Waals surface area contributed by atoms with Crippen LogP contribution < -0.4 is 5.32 Å². The Hall–Kier alpha value is -2.64. The Kier molecular flexibility index (Phi) is 5.15. The Labute approximate surface area is 133 Å².